The predicted molar refractivity (Wildman–Crippen MR) is 81.1 cm³/mol. The first-order valence-corrected chi connectivity index (χ1v) is 7.73. The second-order valence-electron chi connectivity index (χ2n) is 6.24. The lowest BCUT2D eigenvalue weighted by Crippen LogP contribution is -2.24. The summed E-state index contributed by atoms with van der Waals surface area (Å²) in [6, 6.07) is 4.76. The SMILES string of the molecule is COc1ccc(-c2nc3c(s2)C(O)CC(C)(C)C3)c(F)c1. The van der Waals surface area contributed by atoms with Gasteiger partial charge in [0, 0.05) is 11.6 Å². The molecule has 1 N–H and O–H groups in total. The number of aliphatic hydroxyl groups is 1. The monoisotopic (exact) mass is 307 g/mol. The van der Waals surface area contributed by atoms with Crippen LogP contribution in [0.5, 0.6) is 5.75 Å². The van der Waals surface area contributed by atoms with Crippen LogP contribution in [-0.4, -0.2) is 17.2 Å². The van der Waals surface area contributed by atoms with Crippen LogP contribution >= 0.6 is 11.3 Å². The third-order valence-corrected chi connectivity index (χ3v) is 5.06. The van der Waals surface area contributed by atoms with Gasteiger partial charge in [-0.05, 0) is 30.4 Å². The van der Waals surface area contributed by atoms with Crippen LogP contribution in [0, 0.1) is 11.2 Å². The molecule has 0 bridgehead atoms. The van der Waals surface area contributed by atoms with Gasteiger partial charge in [0.25, 0.3) is 0 Å². The predicted octanol–water partition coefficient (Wildman–Crippen LogP) is 3.96. The summed E-state index contributed by atoms with van der Waals surface area (Å²) in [7, 11) is 1.51. The number of hydrogen-bond donors (Lipinski definition) is 1. The molecule has 1 unspecified atom stereocenters. The second-order valence-corrected chi connectivity index (χ2v) is 7.27. The number of aromatic nitrogens is 1. The van der Waals surface area contributed by atoms with Crippen LogP contribution in [0.25, 0.3) is 10.6 Å². The van der Waals surface area contributed by atoms with Crippen molar-refractivity contribution >= 4 is 11.3 Å². The fourth-order valence-electron chi connectivity index (χ4n) is 2.80. The first kappa shape index (κ1) is 14.5. The van der Waals surface area contributed by atoms with Crippen molar-refractivity contribution in [1.29, 1.82) is 0 Å². The lowest BCUT2D eigenvalue weighted by atomic mass is 9.77. The molecule has 2 aromatic rings. The zero-order valence-corrected chi connectivity index (χ0v) is 13.1. The van der Waals surface area contributed by atoms with Gasteiger partial charge in [0.2, 0.25) is 0 Å². The molecule has 21 heavy (non-hydrogen) atoms. The Morgan fingerprint density at radius 1 is 1.43 bits per heavy atom. The quantitative estimate of drug-likeness (QED) is 0.913. The molecule has 112 valence electrons. The van der Waals surface area contributed by atoms with Gasteiger partial charge in [-0.1, -0.05) is 13.8 Å². The van der Waals surface area contributed by atoms with Crippen LogP contribution in [0.2, 0.25) is 0 Å². The third kappa shape index (κ3) is 2.68. The zero-order valence-electron chi connectivity index (χ0n) is 12.3. The highest BCUT2D eigenvalue weighted by Gasteiger charge is 2.34. The van der Waals surface area contributed by atoms with Crippen molar-refractivity contribution in [2.24, 2.45) is 5.41 Å². The summed E-state index contributed by atoms with van der Waals surface area (Å²) in [5.41, 5.74) is 1.38. The first-order valence-electron chi connectivity index (χ1n) is 6.91. The van der Waals surface area contributed by atoms with Gasteiger partial charge in [-0.2, -0.15) is 0 Å². The molecule has 1 aromatic carbocycles. The molecule has 1 aliphatic rings. The van der Waals surface area contributed by atoms with Gasteiger partial charge in [-0.25, -0.2) is 9.37 Å². The van der Waals surface area contributed by atoms with Gasteiger partial charge in [-0.3, -0.25) is 0 Å². The number of ether oxygens (including phenoxy) is 1. The fraction of sp³-hybridized carbons (Fsp3) is 0.438. The Balaban J connectivity index is 2.02. The molecule has 0 saturated carbocycles. The molecular weight excluding hydrogens is 289 g/mol. The highest BCUT2D eigenvalue weighted by Crippen LogP contribution is 2.45. The normalized spacial score (nSPS) is 20.1. The minimum absolute atomic E-state index is 0.0240. The van der Waals surface area contributed by atoms with Crippen molar-refractivity contribution in [2.45, 2.75) is 32.8 Å². The summed E-state index contributed by atoms with van der Waals surface area (Å²) in [5, 5.41) is 10.9. The molecule has 1 aliphatic carbocycles. The molecule has 3 nitrogen and oxygen atoms in total. The number of rotatable bonds is 2. The lowest BCUT2D eigenvalue weighted by molar-refractivity contribution is 0.102. The van der Waals surface area contributed by atoms with Gasteiger partial charge in [0.05, 0.1) is 23.8 Å². The van der Waals surface area contributed by atoms with E-state index in [-0.39, 0.29) is 11.2 Å². The van der Waals surface area contributed by atoms with E-state index in [0.29, 0.717) is 22.7 Å². The van der Waals surface area contributed by atoms with Crippen LogP contribution in [0.3, 0.4) is 0 Å². The molecule has 0 amide bonds. The van der Waals surface area contributed by atoms with Gasteiger partial charge in [0.1, 0.15) is 16.6 Å². The average molecular weight is 307 g/mol. The lowest BCUT2D eigenvalue weighted by Gasteiger charge is -2.31. The summed E-state index contributed by atoms with van der Waals surface area (Å²) in [6.45, 7) is 4.23. The summed E-state index contributed by atoms with van der Waals surface area (Å²) in [6.07, 6.45) is 1.02. The Bertz CT molecular complexity index is 681. The van der Waals surface area contributed by atoms with Crippen LogP contribution in [0.1, 0.15) is 36.9 Å². The van der Waals surface area contributed by atoms with Crippen molar-refractivity contribution in [1.82, 2.24) is 4.98 Å². The summed E-state index contributed by atoms with van der Waals surface area (Å²) >= 11 is 1.38. The number of aliphatic hydroxyl groups excluding tert-OH is 1. The average Bonchev–Trinajstić information content (AvgIpc) is 2.80. The van der Waals surface area contributed by atoms with E-state index in [9.17, 15) is 9.50 Å². The van der Waals surface area contributed by atoms with E-state index in [1.165, 1.54) is 24.5 Å². The van der Waals surface area contributed by atoms with Crippen LogP contribution in [0.15, 0.2) is 18.2 Å². The van der Waals surface area contributed by atoms with E-state index >= 15 is 0 Å². The Kier molecular flexibility index (Phi) is 3.50. The number of methoxy groups -OCH3 is 1. The molecule has 0 aliphatic heterocycles. The minimum atomic E-state index is -0.503. The number of hydrogen-bond acceptors (Lipinski definition) is 4. The Hall–Kier alpha value is -1.46. The molecule has 0 radical (unpaired) electrons. The molecule has 0 spiro atoms. The molecule has 5 heteroatoms. The number of fused-ring (bicyclic) bond motifs is 1. The van der Waals surface area contributed by atoms with Crippen molar-refractivity contribution < 1.29 is 14.2 Å². The van der Waals surface area contributed by atoms with Crippen molar-refractivity contribution in [3.63, 3.8) is 0 Å². The maximum atomic E-state index is 14.2. The standard InChI is InChI=1S/C16H18FNO2S/c1-16(2)7-12-14(13(19)8-16)21-15(18-12)10-5-4-9(20-3)6-11(10)17/h4-6,13,19H,7-8H2,1-3H3. The molecule has 1 heterocycles. The highest BCUT2D eigenvalue weighted by molar-refractivity contribution is 7.15. The van der Waals surface area contributed by atoms with Crippen molar-refractivity contribution in [2.75, 3.05) is 7.11 Å². The van der Waals surface area contributed by atoms with E-state index in [1.807, 2.05) is 0 Å². The largest absolute Gasteiger partial charge is 0.497 e. The smallest absolute Gasteiger partial charge is 0.137 e. The molecule has 3 rings (SSSR count). The maximum Gasteiger partial charge on any atom is 0.137 e. The summed E-state index contributed by atoms with van der Waals surface area (Å²) < 4.78 is 19.2. The second kappa shape index (κ2) is 5.07. The third-order valence-electron chi connectivity index (χ3n) is 3.83. The minimum Gasteiger partial charge on any atom is -0.497 e. The van der Waals surface area contributed by atoms with Gasteiger partial charge in [0.15, 0.2) is 0 Å². The van der Waals surface area contributed by atoms with Gasteiger partial charge < -0.3 is 9.84 Å². The first-order chi connectivity index (χ1) is 9.89. The Morgan fingerprint density at radius 2 is 2.19 bits per heavy atom. The summed E-state index contributed by atoms with van der Waals surface area (Å²) in [5.74, 6) is 0.132. The Labute approximate surface area is 127 Å². The Morgan fingerprint density at radius 3 is 2.86 bits per heavy atom. The number of nitrogens with zero attached hydrogens (tertiary/aromatic N) is 1. The van der Waals surface area contributed by atoms with Crippen LogP contribution in [-0.2, 0) is 6.42 Å². The molecule has 0 saturated heterocycles. The zero-order chi connectivity index (χ0) is 15.2. The number of halogens is 1. The maximum absolute atomic E-state index is 14.2. The van der Waals surface area contributed by atoms with E-state index in [4.69, 9.17) is 4.74 Å². The number of benzene rings is 1. The van der Waals surface area contributed by atoms with Crippen molar-refractivity contribution in [3.8, 4) is 16.3 Å². The van der Waals surface area contributed by atoms with Crippen molar-refractivity contribution in [3.05, 3.63) is 34.6 Å². The van der Waals surface area contributed by atoms with E-state index in [2.05, 4.69) is 18.8 Å². The molecule has 1 atom stereocenters. The molecular formula is C16H18FNO2S. The highest BCUT2D eigenvalue weighted by atomic mass is 32.1. The fourth-order valence-corrected chi connectivity index (χ4v) is 3.90. The number of thiazole rings is 1. The van der Waals surface area contributed by atoms with Crippen LogP contribution < -0.4 is 4.74 Å². The van der Waals surface area contributed by atoms with Crippen LogP contribution in [0.4, 0.5) is 4.39 Å². The van der Waals surface area contributed by atoms with E-state index in [1.54, 1.807) is 12.1 Å². The summed E-state index contributed by atoms with van der Waals surface area (Å²) in [4.78, 5) is 5.44. The van der Waals surface area contributed by atoms with Gasteiger partial charge >= 0.3 is 0 Å². The molecule has 1 aromatic heterocycles. The van der Waals surface area contributed by atoms with E-state index < -0.39 is 6.10 Å². The van der Waals surface area contributed by atoms with Gasteiger partial charge in [-0.15, -0.1) is 11.3 Å². The topological polar surface area (TPSA) is 42.4 Å². The molecule has 0 fully saturated rings. The van der Waals surface area contributed by atoms with E-state index in [0.717, 1.165) is 17.0 Å².